The van der Waals surface area contributed by atoms with Crippen LogP contribution in [0.5, 0.6) is 5.88 Å². The molecule has 0 saturated heterocycles. The van der Waals surface area contributed by atoms with E-state index in [2.05, 4.69) is 25.6 Å². The lowest BCUT2D eigenvalue weighted by molar-refractivity contribution is 0.368. The highest BCUT2D eigenvalue weighted by molar-refractivity contribution is 5.42. The summed E-state index contributed by atoms with van der Waals surface area (Å²) in [7, 11) is 1.36. The molecular formula is C13H16FN5O. The first-order chi connectivity index (χ1) is 9.70. The maximum atomic E-state index is 13.1. The zero-order valence-electron chi connectivity index (χ0n) is 11.4. The number of aryl methyl sites for hydroxylation is 1. The lowest BCUT2D eigenvalue weighted by Gasteiger charge is -2.09. The van der Waals surface area contributed by atoms with Crippen LogP contribution < -0.4 is 15.4 Å². The fourth-order valence-electron chi connectivity index (χ4n) is 1.61. The Labute approximate surface area is 116 Å². The van der Waals surface area contributed by atoms with E-state index in [1.165, 1.54) is 7.11 Å². The van der Waals surface area contributed by atoms with Crippen molar-refractivity contribution < 1.29 is 9.13 Å². The van der Waals surface area contributed by atoms with Crippen LogP contribution in [0.25, 0.3) is 0 Å². The van der Waals surface area contributed by atoms with Gasteiger partial charge in [0.25, 0.3) is 5.88 Å². The van der Waals surface area contributed by atoms with Gasteiger partial charge >= 0.3 is 0 Å². The molecule has 106 valence electrons. The van der Waals surface area contributed by atoms with Gasteiger partial charge in [0.2, 0.25) is 11.8 Å². The monoisotopic (exact) mass is 277 g/mol. The molecule has 0 amide bonds. The molecule has 0 atom stereocenters. The van der Waals surface area contributed by atoms with Gasteiger partial charge in [0.1, 0.15) is 5.82 Å². The first-order valence-electron chi connectivity index (χ1n) is 6.16. The van der Waals surface area contributed by atoms with Gasteiger partial charge in [-0.3, -0.25) is 0 Å². The fourth-order valence-corrected chi connectivity index (χ4v) is 1.61. The topological polar surface area (TPSA) is 72.0 Å². The zero-order chi connectivity index (χ0) is 14.4. The molecule has 0 saturated carbocycles. The van der Waals surface area contributed by atoms with Crippen LogP contribution in [0.2, 0.25) is 0 Å². The minimum atomic E-state index is -0.583. The highest BCUT2D eigenvalue weighted by Gasteiger charge is 2.06. The minimum Gasteiger partial charge on any atom is -0.479 e. The molecule has 0 aromatic carbocycles. The van der Waals surface area contributed by atoms with E-state index in [1.807, 2.05) is 19.1 Å². The number of rotatable bonds is 6. The average molecular weight is 277 g/mol. The number of nitrogens with zero attached hydrogens (tertiary/aromatic N) is 3. The number of anilines is 2. The maximum Gasteiger partial charge on any atom is 0.255 e. The Kier molecular flexibility index (Phi) is 4.65. The van der Waals surface area contributed by atoms with Crippen LogP contribution in [-0.4, -0.2) is 35.2 Å². The van der Waals surface area contributed by atoms with Crippen molar-refractivity contribution in [1.29, 1.82) is 0 Å². The summed E-state index contributed by atoms with van der Waals surface area (Å²) in [5.41, 5.74) is 1.08. The van der Waals surface area contributed by atoms with Gasteiger partial charge in [0.15, 0.2) is 0 Å². The van der Waals surface area contributed by atoms with Crippen molar-refractivity contribution in [1.82, 2.24) is 15.0 Å². The van der Waals surface area contributed by atoms with E-state index >= 15 is 0 Å². The smallest absolute Gasteiger partial charge is 0.255 e. The molecule has 2 heterocycles. The molecule has 6 nitrogen and oxygen atoms in total. The summed E-state index contributed by atoms with van der Waals surface area (Å²) in [5, 5.41) is 6.17. The van der Waals surface area contributed by atoms with Crippen LogP contribution in [0.3, 0.4) is 0 Å². The van der Waals surface area contributed by atoms with E-state index in [0.717, 1.165) is 17.6 Å². The van der Waals surface area contributed by atoms with Gasteiger partial charge in [0, 0.05) is 19.3 Å². The van der Waals surface area contributed by atoms with Crippen LogP contribution in [0.1, 0.15) is 5.56 Å². The van der Waals surface area contributed by atoms with Gasteiger partial charge in [-0.25, -0.2) is 9.97 Å². The third kappa shape index (κ3) is 3.53. The normalized spacial score (nSPS) is 10.2. The molecule has 0 bridgehead atoms. The number of nitrogens with one attached hydrogen (secondary N) is 2. The number of ether oxygens (including phenoxy) is 1. The largest absolute Gasteiger partial charge is 0.479 e. The molecule has 0 unspecified atom stereocenters. The summed E-state index contributed by atoms with van der Waals surface area (Å²) < 4.78 is 17.9. The molecule has 2 aromatic rings. The van der Waals surface area contributed by atoms with Gasteiger partial charge in [-0.15, -0.1) is 0 Å². The second kappa shape index (κ2) is 6.65. The number of methoxy groups -OCH3 is 1. The van der Waals surface area contributed by atoms with Crippen molar-refractivity contribution in [2.24, 2.45) is 0 Å². The fraction of sp³-hybridized carbons (Fsp3) is 0.308. The Morgan fingerprint density at radius 3 is 2.80 bits per heavy atom. The van der Waals surface area contributed by atoms with Gasteiger partial charge < -0.3 is 15.4 Å². The Balaban J connectivity index is 1.83. The maximum absolute atomic E-state index is 13.1. The predicted octanol–water partition coefficient (Wildman–Crippen LogP) is 1.85. The molecule has 20 heavy (non-hydrogen) atoms. The van der Waals surface area contributed by atoms with Gasteiger partial charge in [0.05, 0.1) is 13.3 Å². The van der Waals surface area contributed by atoms with E-state index in [1.54, 1.807) is 6.20 Å². The standard InChI is InChI=1S/C13H16FN5O/c1-9-4-3-5-15-11(9)16-6-7-17-13-18-8-10(14)12(19-13)20-2/h3-5,8H,6-7H2,1-2H3,(H,15,16)(H,17,18,19). The molecular weight excluding hydrogens is 261 g/mol. The van der Waals surface area contributed by atoms with Crippen molar-refractivity contribution in [3.05, 3.63) is 35.9 Å². The third-order valence-electron chi connectivity index (χ3n) is 2.62. The van der Waals surface area contributed by atoms with Crippen molar-refractivity contribution in [2.75, 3.05) is 30.8 Å². The molecule has 2 aromatic heterocycles. The molecule has 7 heteroatoms. The summed E-state index contributed by atoms with van der Waals surface area (Å²) in [5.74, 6) is 0.506. The summed E-state index contributed by atoms with van der Waals surface area (Å²) in [6, 6.07) is 3.87. The lowest BCUT2D eigenvalue weighted by atomic mass is 10.3. The number of aromatic nitrogens is 3. The summed E-state index contributed by atoms with van der Waals surface area (Å²) >= 11 is 0. The summed E-state index contributed by atoms with van der Waals surface area (Å²) in [6.07, 6.45) is 2.81. The van der Waals surface area contributed by atoms with Crippen molar-refractivity contribution in [3.8, 4) is 5.88 Å². The van der Waals surface area contributed by atoms with Crippen molar-refractivity contribution >= 4 is 11.8 Å². The van der Waals surface area contributed by atoms with Crippen molar-refractivity contribution in [2.45, 2.75) is 6.92 Å². The zero-order valence-corrected chi connectivity index (χ0v) is 11.4. The van der Waals surface area contributed by atoms with Crippen molar-refractivity contribution in [3.63, 3.8) is 0 Å². The quantitative estimate of drug-likeness (QED) is 0.785. The summed E-state index contributed by atoms with van der Waals surface area (Å²) in [6.45, 7) is 3.20. The second-order valence-electron chi connectivity index (χ2n) is 4.07. The van der Waals surface area contributed by atoms with E-state index in [0.29, 0.717) is 19.0 Å². The Morgan fingerprint density at radius 1 is 1.25 bits per heavy atom. The van der Waals surface area contributed by atoms with E-state index in [4.69, 9.17) is 4.74 Å². The van der Waals surface area contributed by atoms with Crippen LogP contribution >= 0.6 is 0 Å². The Morgan fingerprint density at radius 2 is 2.05 bits per heavy atom. The molecule has 0 radical (unpaired) electrons. The predicted molar refractivity (Wildman–Crippen MR) is 74.5 cm³/mol. The third-order valence-corrected chi connectivity index (χ3v) is 2.62. The first-order valence-corrected chi connectivity index (χ1v) is 6.16. The van der Waals surface area contributed by atoms with Gasteiger partial charge in [-0.2, -0.15) is 9.37 Å². The van der Waals surface area contributed by atoms with E-state index in [9.17, 15) is 4.39 Å². The van der Waals surface area contributed by atoms with Crippen LogP contribution in [0, 0.1) is 12.7 Å². The summed E-state index contributed by atoms with van der Waals surface area (Å²) in [4.78, 5) is 11.9. The molecule has 2 rings (SSSR count). The minimum absolute atomic E-state index is 0.0731. The van der Waals surface area contributed by atoms with Crippen LogP contribution in [0.4, 0.5) is 16.2 Å². The van der Waals surface area contributed by atoms with Gasteiger partial charge in [-0.05, 0) is 18.6 Å². The molecule has 0 aliphatic heterocycles. The first kappa shape index (κ1) is 14.0. The van der Waals surface area contributed by atoms with Crippen LogP contribution in [-0.2, 0) is 0 Å². The molecule has 0 aliphatic rings. The second-order valence-corrected chi connectivity index (χ2v) is 4.07. The van der Waals surface area contributed by atoms with E-state index in [-0.39, 0.29) is 5.88 Å². The number of hydrogen-bond donors (Lipinski definition) is 2. The molecule has 0 fully saturated rings. The van der Waals surface area contributed by atoms with Crippen LogP contribution in [0.15, 0.2) is 24.5 Å². The van der Waals surface area contributed by atoms with E-state index < -0.39 is 5.82 Å². The average Bonchev–Trinajstić information content (AvgIpc) is 2.47. The SMILES string of the molecule is COc1nc(NCCNc2ncccc2C)ncc1F. The molecule has 0 aliphatic carbocycles. The Bertz CT molecular complexity index is 578. The highest BCUT2D eigenvalue weighted by Crippen LogP contribution is 2.13. The Hall–Kier alpha value is -2.44. The lowest BCUT2D eigenvalue weighted by Crippen LogP contribution is -2.16. The highest BCUT2D eigenvalue weighted by atomic mass is 19.1. The van der Waals surface area contributed by atoms with Gasteiger partial charge in [-0.1, -0.05) is 6.07 Å². The number of pyridine rings is 1. The number of halogens is 1. The molecule has 2 N–H and O–H groups in total. The molecule has 0 spiro atoms. The number of hydrogen-bond acceptors (Lipinski definition) is 6.